The first-order valence-corrected chi connectivity index (χ1v) is 5.55. The molecule has 7 nitrogen and oxygen atoms in total. The summed E-state index contributed by atoms with van der Waals surface area (Å²) in [5.74, 6) is -2.68. The van der Waals surface area contributed by atoms with Crippen LogP contribution < -0.4 is 0 Å². The highest BCUT2D eigenvalue weighted by molar-refractivity contribution is 6.40. The minimum atomic E-state index is -1.79. The van der Waals surface area contributed by atoms with Gasteiger partial charge >= 0.3 is 11.9 Å². The molecule has 0 aromatic heterocycles. The van der Waals surface area contributed by atoms with E-state index in [-0.39, 0.29) is 11.7 Å². The van der Waals surface area contributed by atoms with Gasteiger partial charge in [-0.15, -0.1) is 0 Å². The maximum atomic E-state index is 11.1. The SMILES string of the molecule is CC1=CC(C)C(=O)C(C)=N1.O=C(O)CC(O)C(=O)O. The smallest absolute Gasteiger partial charge is 0.333 e. The van der Waals surface area contributed by atoms with E-state index in [2.05, 4.69) is 4.99 Å². The molecule has 106 valence electrons. The molecule has 0 saturated carbocycles. The van der Waals surface area contributed by atoms with Crippen molar-refractivity contribution in [3.63, 3.8) is 0 Å². The zero-order valence-electron chi connectivity index (χ0n) is 11.0. The topological polar surface area (TPSA) is 124 Å². The van der Waals surface area contributed by atoms with Crippen LogP contribution in [-0.4, -0.2) is 44.9 Å². The highest BCUT2D eigenvalue weighted by Crippen LogP contribution is 2.12. The Balaban J connectivity index is 0.000000344. The second-order valence-corrected chi connectivity index (χ2v) is 4.11. The Kier molecular flexibility index (Phi) is 6.63. The van der Waals surface area contributed by atoms with Gasteiger partial charge in [-0.1, -0.05) is 13.0 Å². The van der Waals surface area contributed by atoms with Gasteiger partial charge in [0.25, 0.3) is 0 Å². The maximum Gasteiger partial charge on any atom is 0.333 e. The number of carbonyl (C=O) groups is 3. The third-order valence-electron chi connectivity index (χ3n) is 2.26. The van der Waals surface area contributed by atoms with Crippen molar-refractivity contribution >= 4 is 23.4 Å². The fraction of sp³-hybridized carbons (Fsp3) is 0.500. The van der Waals surface area contributed by atoms with Crippen LogP contribution in [0.25, 0.3) is 0 Å². The molecule has 1 aliphatic heterocycles. The van der Waals surface area contributed by atoms with Crippen molar-refractivity contribution in [3.05, 3.63) is 11.8 Å². The normalized spacial score (nSPS) is 19.6. The third kappa shape index (κ3) is 6.46. The first-order valence-electron chi connectivity index (χ1n) is 5.55. The quantitative estimate of drug-likeness (QED) is 0.685. The number of carboxylic acid groups (broad SMARTS) is 2. The monoisotopic (exact) mass is 271 g/mol. The molecular formula is C12H17NO6. The summed E-state index contributed by atoms with van der Waals surface area (Å²) in [6.07, 6.45) is -0.660. The summed E-state index contributed by atoms with van der Waals surface area (Å²) in [4.78, 5) is 34.5. The lowest BCUT2D eigenvalue weighted by atomic mass is 9.99. The summed E-state index contributed by atoms with van der Waals surface area (Å²) in [6.45, 7) is 5.56. The maximum absolute atomic E-state index is 11.1. The van der Waals surface area contributed by atoms with Crippen LogP contribution in [0, 0.1) is 5.92 Å². The van der Waals surface area contributed by atoms with Gasteiger partial charge < -0.3 is 15.3 Å². The van der Waals surface area contributed by atoms with E-state index < -0.39 is 24.5 Å². The van der Waals surface area contributed by atoms with E-state index in [1.165, 1.54) is 0 Å². The Bertz CT molecular complexity index is 438. The molecule has 0 bridgehead atoms. The molecule has 0 fully saturated rings. The number of carboxylic acids is 2. The molecule has 7 heteroatoms. The molecule has 0 radical (unpaired) electrons. The molecule has 1 aliphatic rings. The second-order valence-electron chi connectivity index (χ2n) is 4.11. The van der Waals surface area contributed by atoms with Crippen LogP contribution in [0.15, 0.2) is 16.8 Å². The zero-order valence-corrected chi connectivity index (χ0v) is 11.0. The van der Waals surface area contributed by atoms with Gasteiger partial charge in [0.15, 0.2) is 11.9 Å². The summed E-state index contributed by atoms with van der Waals surface area (Å²) in [7, 11) is 0. The van der Waals surface area contributed by atoms with Crippen LogP contribution in [-0.2, 0) is 14.4 Å². The first kappa shape index (κ1) is 17.0. The summed E-state index contributed by atoms with van der Waals surface area (Å²) < 4.78 is 0. The number of aliphatic imine (C=N–C) groups is 1. The van der Waals surface area contributed by atoms with Gasteiger partial charge in [-0.3, -0.25) is 14.6 Å². The van der Waals surface area contributed by atoms with E-state index in [1.807, 2.05) is 19.9 Å². The fourth-order valence-electron chi connectivity index (χ4n) is 1.38. The van der Waals surface area contributed by atoms with Gasteiger partial charge in [-0.25, -0.2) is 4.79 Å². The average molecular weight is 271 g/mol. The van der Waals surface area contributed by atoms with E-state index in [9.17, 15) is 14.4 Å². The standard InChI is InChI=1S/C8H11NO.C4H6O5/c1-5-4-6(2)9-7(3)8(5)10;5-2(4(8)9)1-3(6)7/h4-5H,1-3H3;2,5H,1H2,(H,6,7)(H,8,9). The van der Waals surface area contributed by atoms with Crippen LogP contribution in [0.1, 0.15) is 27.2 Å². The number of aliphatic hydroxyl groups is 1. The molecular weight excluding hydrogens is 254 g/mol. The largest absolute Gasteiger partial charge is 0.481 e. The van der Waals surface area contributed by atoms with Gasteiger partial charge in [-0.05, 0) is 13.8 Å². The van der Waals surface area contributed by atoms with Crippen LogP contribution >= 0.6 is 0 Å². The Morgan fingerprint density at radius 3 is 2.21 bits per heavy atom. The van der Waals surface area contributed by atoms with Gasteiger partial charge in [0.1, 0.15) is 0 Å². The highest BCUT2D eigenvalue weighted by Gasteiger charge is 2.17. The van der Waals surface area contributed by atoms with Crippen molar-refractivity contribution in [2.24, 2.45) is 10.9 Å². The predicted molar refractivity (Wildman–Crippen MR) is 66.9 cm³/mol. The molecule has 0 saturated heterocycles. The number of rotatable bonds is 3. The minimum absolute atomic E-state index is 0.0255. The zero-order chi connectivity index (χ0) is 15.2. The van der Waals surface area contributed by atoms with Gasteiger partial charge in [0.2, 0.25) is 0 Å². The second kappa shape index (κ2) is 7.42. The molecule has 0 aromatic rings. The molecule has 2 atom stereocenters. The Morgan fingerprint density at radius 1 is 1.37 bits per heavy atom. The molecule has 0 aliphatic carbocycles. The summed E-state index contributed by atoms with van der Waals surface area (Å²) in [5.41, 5.74) is 1.58. The average Bonchev–Trinajstić information content (AvgIpc) is 2.25. The number of Topliss-reactive ketones (excluding diaryl/α,β-unsaturated/α-hetero) is 1. The van der Waals surface area contributed by atoms with Gasteiger partial charge in [0.05, 0.1) is 12.1 Å². The Hall–Kier alpha value is -2.02. The van der Waals surface area contributed by atoms with Crippen molar-refractivity contribution in [3.8, 4) is 0 Å². The number of carbonyl (C=O) groups excluding carboxylic acids is 1. The number of nitrogens with zero attached hydrogens (tertiary/aromatic N) is 1. The minimum Gasteiger partial charge on any atom is -0.481 e. The molecule has 0 aromatic carbocycles. The van der Waals surface area contributed by atoms with E-state index in [1.54, 1.807) is 6.92 Å². The Labute approximate surface area is 110 Å². The Morgan fingerprint density at radius 2 is 1.89 bits per heavy atom. The van der Waals surface area contributed by atoms with Crippen LogP contribution in [0.4, 0.5) is 0 Å². The number of aliphatic hydroxyl groups excluding tert-OH is 1. The summed E-state index contributed by atoms with van der Waals surface area (Å²) in [6, 6.07) is 0. The molecule has 3 N–H and O–H groups in total. The molecule has 0 amide bonds. The lowest BCUT2D eigenvalue weighted by molar-refractivity contribution is -0.152. The van der Waals surface area contributed by atoms with E-state index in [0.29, 0.717) is 5.71 Å². The molecule has 1 heterocycles. The summed E-state index contributed by atoms with van der Waals surface area (Å²) in [5, 5.41) is 24.1. The van der Waals surface area contributed by atoms with E-state index in [4.69, 9.17) is 15.3 Å². The fourth-order valence-corrected chi connectivity index (χ4v) is 1.38. The van der Waals surface area contributed by atoms with Gasteiger partial charge in [-0.2, -0.15) is 0 Å². The van der Waals surface area contributed by atoms with Crippen molar-refractivity contribution < 1.29 is 29.7 Å². The van der Waals surface area contributed by atoms with Crippen molar-refractivity contribution in [1.82, 2.24) is 0 Å². The van der Waals surface area contributed by atoms with E-state index >= 15 is 0 Å². The molecule has 0 spiro atoms. The number of hydrogen-bond donors (Lipinski definition) is 3. The van der Waals surface area contributed by atoms with Crippen LogP contribution in [0.3, 0.4) is 0 Å². The molecule has 1 rings (SSSR count). The van der Waals surface area contributed by atoms with E-state index in [0.717, 1.165) is 5.70 Å². The van der Waals surface area contributed by atoms with Gasteiger partial charge in [0, 0.05) is 11.6 Å². The van der Waals surface area contributed by atoms with Crippen LogP contribution in [0.2, 0.25) is 0 Å². The number of aliphatic carboxylic acids is 2. The van der Waals surface area contributed by atoms with Crippen molar-refractivity contribution in [2.45, 2.75) is 33.3 Å². The molecule has 19 heavy (non-hydrogen) atoms. The van der Waals surface area contributed by atoms with Crippen LogP contribution in [0.5, 0.6) is 0 Å². The lowest BCUT2D eigenvalue weighted by Crippen LogP contribution is -2.22. The first-order chi connectivity index (χ1) is 8.65. The third-order valence-corrected chi connectivity index (χ3v) is 2.26. The molecule has 2 unspecified atom stereocenters. The number of ketones is 1. The number of hydrogen-bond acceptors (Lipinski definition) is 5. The van der Waals surface area contributed by atoms with Crippen molar-refractivity contribution in [2.75, 3.05) is 0 Å². The summed E-state index contributed by atoms with van der Waals surface area (Å²) >= 11 is 0. The number of allylic oxidation sites excluding steroid dienone is 2. The van der Waals surface area contributed by atoms with Crippen molar-refractivity contribution in [1.29, 1.82) is 0 Å². The highest BCUT2D eigenvalue weighted by atomic mass is 16.4. The lowest BCUT2D eigenvalue weighted by Gasteiger charge is -2.10. The predicted octanol–water partition coefficient (Wildman–Crippen LogP) is 0.477.